The van der Waals surface area contributed by atoms with Gasteiger partial charge in [-0.1, -0.05) is 19.1 Å². The summed E-state index contributed by atoms with van der Waals surface area (Å²) >= 11 is 1.66. The summed E-state index contributed by atoms with van der Waals surface area (Å²) in [7, 11) is 0. The van der Waals surface area contributed by atoms with Gasteiger partial charge in [0, 0.05) is 10.8 Å². The molecule has 0 aromatic heterocycles. The molecule has 2 atom stereocenters. The van der Waals surface area contributed by atoms with E-state index in [9.17, 15) is 4.79 Å². The van der Waals surface area contributed by atoms with E-state index in [1.54, 1.807) is 11.8 Å². The maximum absolute atomic E-state index is 12.1. The zero-order valence-corrected chi connectivity index (χ0v) is 12.6. The van der Waals surface area contributed by atoms with Gasteiger partial charge in [-0.15, -0.1) is 11.8 Å². The van der Waals surface area contributed by atoms with Gasteiger partial charge in [-0.25, -0.2) is 0 Å². The lowest BCUT2D eigenvalue weighted by atomic mass is 10.0. The van der Waals surface area contributed by atoms with Crippen molar-refractivity contribution < 1.29 is 9.69 Å². The summed E-state index contributed by atoms with van der Waals surface area (Å²) in [4.78, 5) is 14.7. The van der Waals surface area contributed by atoms with Gasteiger partial charge in [0.05, 0.1) is 18.8 Å². The molecule has 0 bridgehead atoms. The van der Waals surface area contributed by atoms with Gasteiger partial charge < -0.3 is 10.2 Å². The number of quaternary nitrogens is 1. The van der Waals surface area contributed by atoms with E-state index in [0.29, 0.717) is 6.54 Å². The van der Waals surface area contributed by atoms with Crippen molar-refractivity contribution in [2.45, 2.75) is 24.7 Å². The smallest absolute Gasteiger partial charge is 0.279 e. The molecule has 0 radical (unpaired) electrons. The van der Waals surface area contributed by atoms with Crippen LogP contribution < -0.4 is 10.2 Å². The molecule has 1 aromatic carbocycles. The Kier molecular flexibility index (Phi) is 5.28. The van der Waals surface area contributed by atoms with Gasteiger partial charge in [0.15, 0.2) is 6.54 Å². The molecule has 1 saturated heterocycles. The highest BCUT2D eigenvalue weighted by molar-refractivity contribution is 7.98. The highest BCUT2D eigenvalue weighted by atomic mass is 32.2. The third-order valence-electron chi connectivity index (χ3n) is 3.66. The quantitative estimate of drug-likeness (QED) is 0.822. The van der Waals surface area contributed by atoms with E-state index in [-0.39, 0.29) is 5.91 Å². The second-order valence-corrected chi connectivity index (χ2v) is 6.22. The van der Waals surface area contributed by atoms with Gasteiger partial charge in [-0.2, -0.15) is 0 Å². The molecule has 0 saturated carbocycles. The molecule has 1 aliphatic rings. The van der Waals surface area contributed by atoms with Crippen molar-refractivity contribution in [2.24, 2.45) is 5.92 Å². The third kappa shape index (κ3) is 4.25. The molecule has 1 amide bonds. The minimum atomic E-state index is 0.130. The molecular formula is C15H23N2OS+. The lowest BCUT2D eigenvalue weighted by Crippen LogP contribution is -3.14. The maximum atomic E-state index is 12.1. The first-order valence-electron chi connectivity index (χ1n) is 6.95. The fourth-order valence-electron chi connectivity index (χ4n) is 2.73. The molecular weight excluding hydrogens is 256 g/mol. The fourth-order valence-corrected chi connectivity index (χ4v) is 3.28. The highest BCUT2D eigenvalue weighted by Crippen LogP contribution is 2.24. The maximum Gasteiger partial charge on any atom is 0.279 e. The first kappa shape index (κ1) is 14.4. The number of likely N-dealkylation sites (tertiary alicyclic amines) is 1. The number of thioether (sulfide) groups is 1. The Bertz CT molecular complexity index is 436. The molecule has 19 heavy (non-hydrogen) atoms. The molecule has 1 fully saturated rings. The Morgan fingerprint density at radius 3 is 3.00 bits per heavy atom. The number of carbonyl (C=O) groups is 1. The molecule has 2 rings (SSSR count). The average Bonchev–Trinajstić information content (AvgIpc) is 2.39. The normalized spacial score (nSPS) is 23.1. The van der Waals surface area contributed by atoms with Crippen LogP contribution in [-0.4, -0.2) is 31.8 Å². The van der Waals surface area contributed by atoms with Gasteiger partial charge >= 0.3 is 0 Å². The Morgan fingerprint density at radius 1 is 1.47 bits per heavy atom. The van der Waals surface area contributed by atoms with Crippen molar-refractivity contribution in [1.29, 1.82) is 0 Å². The summed E-state index contributed by atoms with van der Waals surface area (Å²) in [5.41, 5.74) is 0.935. The fraction of sp³-hybridized carbons (Fsp3) is 0.533. The van der Waals surface area contributed by atoms with E-state index in [1.165, 1.54) is 17.7 Å². The van der Waals surface area contributed by atoms with Crippen LogP contribution in [0.15, 0.2) is 29.2 Å². The summed E-state index contributed by atoms with van der Waals surface area (Å²) in [5, 5.41) is 3.04. The van der Waals surface area contributed by atoms with E-state index < -0.39 is 0 Å². The van der Waals surface area contributed by atoms with Crippen molar-refractivity contribution in [3.8, 4) is 0 Å². The SMILES string of the molecule is CSc1ccccc1NC(=O)C[NH+]1CCC[C@H](C)C1. The number of carbonyl (C=O) groups excluding carboxylic acids is 1. The second kappa shape index (κ2) is 6.96. The van der Waals surface area contributed by atoms with Gasteiger partial charge in [0.2, 0.25) is 0 Å². The topological polar surface area (TPSA) is 33.5 Å². The Hall–Kier alpha value is -1.00. The Balaban J connectivity index is 1.90. The average molecular weight is 279 g/mol. The van der Waals surface area contributed by atoms with Gasteiger partial charge in [0.25, 0.3) is 5.91 Å². The van der Waals surface area contributed by atoms with Crippen LogP contribution in [0.3, 0.4) is 0 Å². The molecule has 1 aromatic rings. The predicted octanol–water partition coefficient (Wildman–Crippen LogP) is 1.66. The van der Waals surface area contributed by atoms with E-state index in [1.807, 2.05) is 30.5 Å². The second-order valence-electron chi connectivity index (χ2n) is 5.38. The molecule has 1 heterocycles. The number of benzene rings is 1. The van der Waals surface area contributed by atoms with Crippen molar-refractivity contribution in [3.63, 3.8) is 0 Å². The lowest BCUT2D eigenvalue weighted by molar-refractivity contribution is -0.900. The number of amides is 1. The number of anilines is 1. The van der Waals surface area contributed by atoms with Crippen LogP contribution >= 0.6 is 11.8 Å². The van der Waals surface area contributed by atoms with E-state index in [4.69, 9.17) is 0 Å². The van der Waals surface area contributed by atoms with Crippen LogP contribution in [0.4, 0.5) is 5.69 Å². The first-order chi connectivity index (χ1) is 9.19. The Morgan fingerprint density at radius 2 is 2.26 bits per heavy atom. The molecule has 0 aliphatic carbocycles. The van der Waals surface area contributed by atoms with Crippen molar-refractivity contribution in [1.82, 2.24) is 0 Å². The Labute approximate surface area is 119 Å². The number of hydrogen-bond donors (Lipinski definition) is 2. The first-order valence-corrected chi connectivity index (χ1v) is 8.18. The number of hydrogen-bond acceptors (Lipinski definition) is 2. The van der Waals surface area contributed by atoms with Crippen LogP contribution in [0.2, 0.25) is 0 Å². The highest BCUT2D eigenvalue weighted by Gasteiger charge is 2.22. The van der Waals surface area contributed by atoms with Crippen molar-refractivity contribution in [3.05, 3.63) is 24.3 Å². The molecule has 1 unspecified atom stereocenters. The van der Waals surface area contributed by atoms with E-state index in [0.717, 1.165) is 29.6 Å². The monoisotopic (exact) mass is 279 g/mol. The molecule has 2 N–H and O–H groups in total. The van der Waals surface area contributed by atoms with Crippen molar-refractivity contribution in [2.75, 3.05) is 31.2 Å². The molecule has 3 nitrogen and oxygen atoms in total. The number of rotatable bonds is 4. The minimum Gasteiger partial charge on any atom is -0.327 e. The number of piperidine rings is 1. The van der Waals surface area contributed by atoms with E-state index >= 15 is 0 Å². The standard InChI is InChI=1S/C15H22N2OS/c1-12-6-5-9-17(10-12)11-15(18)16-13-7-3-4-8-14(13)19-2/h3-4,7-8,12H,5-6,9-11H2,1-2H3,(H,16,18)/p+1/t12-/m0/s1. The third-order valence-corrected chi connectivity index (χ3v) is 4.45. The van der Waals surface area contributed by atoms with Gasteiger partial charge in [-0.05, 0) is 31.2 Å². The van der Waals surface area contributed by atoms with Crippen LogP contribution in [-0.2, 0) is 4.79 Å². The van der Waals surface area contributed by atoms with Gasteiger partial charge in [0.1, 0.15) is 0 Å². The minimum absolute atomic E-state index is 0.130. The van der Waals surface area contributed by atoms with Crippen LogP contribution in [0.1, 0.15) is 19.8 Å². The summed E-state index contributed by atoms with van der Waals surface area (Å²) in [6, 6.07) is 7.97. The lowest BCUT2D eigenvalue weighted by Gasteiger charge is -2.27. The number of nitrogens with one attached hydrogen (secondary N) is 2. The molecule has 104 valence electrons. The molecule has 4 heteroatoms. The van der Waals surface area contributed by atoms with E-state index in [2.05, 4.69) is 12.2 Å². The molecule has 0 spiro atoms. The summed E-state index contributed by atoms with van der Waals surface area (Å²) in [6.45, 7) is 5.12. The largest absolute Gasteiger partial charge is 0.327 e. The van der Waals surface area contributed by atoms with Gasteiger partial charge in [-0.3, -0.25) is 4.79 Å². The van der Waals surface area contributed by atoms with Crippen molar-refractivity contribution >= 4 is 23.4 Å². The zero-order chi connectivity index (χ0) is 13.7. The molecule has 1 aliphatic heterocycles. The van der Waals surface area contributed by atoms with Crippen LogP contribution in [0.5, 0.6) is 0 Å². The summed E-state index contributed by atoms with van der Waals surface area (Å²) in [5.74, 6) is 0.876. The predicted molar refractivity (Wildman–Crippen MR) is 80.8 cm³/mol. The zero-order valence-electron chi connectivity index (χ0n) is 11.7. The van der Waals surface area contributed by atoms with Crippen LogP contribution in [0.25, 0.3) is 0 Å². The summed E-state index contributed by atoms with van der Waals surface area (Å²) < 4.78 is 0. The number of para-hydroxylation sites is 1. The van der Waals surface area contributed by atoms with Crippen LogP contribution in [0, 0.1) is 5.92 Å². The summed E-state index contributed by atoms with van der Waals surface area (Å²) in [6.07, 6.45) is 4.58.